The topological polar surface area (TPSA) is 87.4 Å². The third-order valence-electron chi connectivity index (χ3n) is 4.71. The molecule has 0 amide bonds. The molecule has 2 aromatic carbocycles. The third-order valence-corrected chi connectivity index (χ3v) is 6.64. The number of benzene rings is 2. The van der Waals surface area contributed by atoms with Crippen LogP contribution in [0.5, 0.6) is 11.5 Å². The van der Waals surface area contributed by atoms with E-state index in [1.54, 1.807) is 6.07 Å². The van der Waals surface area contributed by atoms with Crippen LogP contribution < -0.4 is 4.74 Å². The predicted molar refractivity (Wildman–Crippen MR) is 82.1 cm³/mol. The van der Waals surface area contributed by atoms with E-state index in [0.717, 1.165) is 30.3 Å². The molecular weight excluding hydrogens is 390 g/mol. The van der Waals surface area contributed by atoms with Gasteiger partial charge in [0.25, 0.3) is 0 Å². The summed E-state index contributed by atoms with van der Waals surface area (Å²) in [6, 6.07) is 6.41. The monoisotopic (exact) mass is 399 g/mol. The Morgan fingerprint density at radius 3 is 2.63 bits per heavy atom. The van der Waals surface area contributed by atoms with Gasteiger partial charge in [0, 0.05) is 23.6 Å². The van der Waals surface area contributed by atoms with Gasteiger partial charge in [0.05, 0.1) is 16.5 Å². The van der Waals surface area contributed by atoms with E-state index in [0.29, 0.717) is 0 Å². The molecule has 0 unspecified atom stereocenters. The molecule has 0 saturated carbocycles. The molecule has 1 aliphatic heterocycles. The Hall–Kier alpha value is -2.64. The molecule has 1 N–H and O–H groups in total. The first-order chi connectivity index (χ1) is 12.5. The molecule has 0 bridgehead atoms. The Kier molecular flexibility index (Phi) is 3.42. The fourth-order valence-electron chi connectivity index (χ4n) is 3.53. The normalized spacial score (nSPS) is 26.4. The summed E-state index contributed by atoms with van der Waals surface area (Å²) in [4.78, 5) is -0.866. The highest BCUT2D eigenvalue weighted by atomic mass is 32.2. The minimum Gasteiger partial charge on any atom is -0.457 e. The van der Waals surface area contributed by atoms with Crippen molar-refractivity contribution in [1.82, 2.24) is 0 Å². The molecule has 2 aliphatic rings. The van der Waals surface area contributed by atoms with Crippen molar-refractivity contribution in [2.45, 2.75) is 28.3 Å². The first-order valence-electron chi connectivity index (χ1n) is 7.58. The van der Waals surface area contributed by atoms with Crippen LogP contribution in [0.4, 0.5) is 17.6 Å². The van der Waals surface area contributed by atoms with E-state index in [2.05, 4.69) is 0 Å². The highest BCUT2D eigenvalue weighted by molar-refractivity contribution is 7.93. The fourth-order valence-corrected chi connectivity index (χ4v) is 5.23. The third kappa shape index (κ3) is 2.09. The van der Waals surface area contributed by atoms with Gasteiger partial charge in [-0.15, -0.1) is 0 Å². The number of aliphatic hydroxyl groups is 1. The van der Waals surface area contributed by atoms with Crippen LogP contribution in [0, 0.1) is 17.1 Å². The molecule has 0 saturated heterocycles. The van der Waals surface area contributed by atoms with Gasteiger partial charge >= 0.3 is 5.25 Å². The SMILES string of the molecule is N#Cc1cc(F)cc(Oc2ccc3c4c2[C@@H](F)C[C@]4(O)C(F)(F)S3(=O)=O)c1. The van der Waals surface area contributed by atoms with E-state index >= 15 is 0 Å². The van der Waals surface area contributed by atoms with Crippen molar-refractivity contribution in [3.05, 3.63) is 52.8 Å². The van der Waals surface area contributed by atoms with Gasteiger partial charge in [-0.1, -0.05) is 0 Å². The van der Waals surface area contributed by atoms with Crippen LogP contribution in [0.1, 0.15) is 29.3 Å². The summed E-state index contributed by atoms with van der Waals surface area (Å²) in [5, 5.41) is 14.6. The summed E-state index contributed by atoms with van der Waals surface area (Å²) in [5.41, 5.74) is -4.58. The number of nitrogens with zero attached hydrogens (tertiary/aromatic N) is 1. The van der Waals surface area contributed by atoms with Crippen molar-refractivity contribution < 1.29 is 35.8 Å². The lowest BCUT2D eigenvalue weighted by Crippen LogP contribution is -2.43. The number of alkyl halides is 3. The summed E-state index contributed by atoms with van der Waals surface area (Å²) in [6.45, 7) is 0. The second-order valence-corrected chi connectivity index (χ2v) is 8.25. The molecule has 140 valence electrons. The zero-order valence-corrected chi connectivity index (χ0v) is 14.0. The van der Waals surface area contributed by atoms with E-state index in [1.165, 1.54) is 0 Å². The highest BCUT2D eigenvalue weighted by Gasteiger charge is 2.74. The van der Waals surface area contributed by atoms with Crippen molar-refractivity contribution in [3.63, 3.8) is 0 Å². The zero-order chi connectivity index (χ0) is 19.8. The molecule has 10 heteroatoms. The van der Waals surface area contributed by atoms with Crippen LogP contribution in [0.3, 0.4) is 0 Å². The molecular formula is C17H9F4NO4S. The van der Waals surface area contributed by atoms with Crippen LogP contribution in [0.2, 0.25) is 0 Å². The quantitative estimate of drug-likeness (QED) is 0.782. The molecule has 5 nitrogen and oxygen atoms in total. The Morgan fingerprint density at radius 2 is 1.96 bits per heavy atom. The van der Waals surface area contributed by atoms with Crippen molar-refractivity contribution in [2.75, 3.05) is 0 Å². The molecule has 0 fully saturated rings. The summed E-state index contributed by atoms with van der Waals surface area (Å²) in [5.74, 6) is -1.37. The van der Waals surface area contributed by atoms with Gasteiger partial charge in [0.1, 0.15) is 23.5 Å². The lowest BCUT2D eigenvalue weighted by atomic mass is 9.96. The number of ether oxygens (including phenoxy) is 1. The number of hydrogen-bond acceptors (Lipinski definition) is 5. The number of nitriles is 1. The standard InChI is InChI=1S/C17H9F4NO4S/c18-9-3-8(7-22)4-10(5-9)26-12-1-2-13-15-14(12)11(19)6-16(15,23)17(20,21)27(13,24)25/h1-5,11,23H,6H2/t11-,16+/m0/s1. The average molecular weight is 399 g/mol. The van der Waals surface area contributed by atoms with E-state index in [4.69, 9.17) is 10.00 Å². The van der Waals surface area contributed by atoms with Gasteiger partial charge in [0.2, 0.25) is 9.84 Å². The minimum atomic E-state index is -5.20. The maximum absolute atomic E-state index is 14.5. The van der Waals surface area contributed by atoms with Gasteiger partial charge in [-0.3, -0.25) is 0 Å². The van der Waals surface area contributed by atoms with Crippen LogP contribution in [0.15, 0.2) is 35.2 Å². The van der Waals surface area contributed by atoms with Crippen molar-refractivity contribution >= 4 is 9.84 Å². The Morgan fingerprint density at radius 1 is 1.26 bits per heavy atom. The van der Waals surface area contributed by atoms with E-state index in [1.807, 2.05) is 0 Å². The maximum atomic E-state index is 14.5. The van der Waals surface area contributed by atoms with Gasteiger partial charge in [-0.25, -0.2) is 17.2 Å². The Labute approximate surface area is 150 Å². The molecule has 0 aromatic heterocycles. The van der Waals surface area contributed by atoms with Gasteiger partial charge in [-0.05, 0) is 24.3 Å². The van der Waals surface area contributed by atoms with Crippen LogP contribution in [-0.4, -0.2) is 18.8 Å². The van der Waals surface area contributed by atoms with Crippen molar-refractivity contribution in [3.8, 4) is 17.6 Å². The molecule has 27 heavy (non-hydrogen) atoms. The van der Waals surface area contributed by atoms with Crippen LogP contribution >= 0.6 is 0 Å². The smallest absolute Gasteiger partial charge is 0.382 e. The molecule has 0 spiro atoms. The van der Waals surface area contributed by atoms with Gasteiger partial charge in [0.15, 0.2) is 5.60 Å². The highest BCUT2D eigenvalue weighted by Crippen LogP contribution is 2.64. The van der Waals surface area contributed by atoms with E-state index < -0.39 is 55.1 Å². The fraction of sp³-hybridized carbons (Fsp3) is 0.235. The Balaban J connectivity index is 1.91. The molecule has 0 radical (unpaired) electrons. The molecule has 4 rings (SSSR count). The predicted octanol–water partition coefficient (Wildman–Crippen LogP) is 3.47. The molecule has 1 aliphatic carbocycles. The number of hydrogen-bond donors (Lipinski definition) is 1. The van der Waals surface area contributed by atoms with Crippen molar-refractivity contribution in [1.29, 1.82) is 5.26 Å². The minimum absolute atomic E-state index is 0.0926. The summed E-state index contributed by atoms with van der Waals surface area (Å²) < 4.78 is 86.2. The van der Waals surface area contributed by atoms with Crippen LogP contribution in [0.25, 0.3) is 0 Å². The number of halogens is 4. The zero-order valence-electron chi connectivity index (χ0n) is 13.2. The largest absolute Gasteiger partial charge is 0.457 e. The lowest BCUT2D eigenvalue weighted by molar-refractivity contribution is -0.132. The van der Waals surface area contributed by atoms with E-state index in [-0.39, 0.29) is 17.1 Å². The summed E-state index contributed by atoms with van der Waals surface area (Å²) in [7, 11) is -5.20. The molecule has 2 aromatic rings. The Bertz CT molecular complexity index is 1140. The number of sulfone groups is 1. The van der Waals surface area contributed by atoms with Gasteiger partial charge < -0.3 is 9.84 Å². The van der Waals surface area contributed by atoms with E-state index in [9.17, 15) is 31.1 Å². The first kappa shape index (κ1) is 17.8. The van der Waals surface area contributed by atoms with Gasteiger partial charge in [-0.2, -0.15) is 14.0 Å². The average Bonchev–Trinajstić information content (AvgIpc) is 2.92. The second-order valence-electron chi connectivity index (χ2n) is 6.29. The summed E-state index contributed by atoms with van der Waals surface area (Å²) >= 11 is 0. The first-order valence-corrected chi connectivity index (χ1v) is 9.06. The lowest BCUT2D eigenvalue weighted by Gasteiger charge is -2.25. The second kappa shape index (κ2) is 5.21. The maximum Gasteiger partial charge on any atom is 0.382 e. The molecule has 2 atom stereocenters. The van der Waals surface area contributed by atoms with Crippen LogP contribution in [-0.2, 0) is 15.4 Å². The van der Waals surface area contributed by atoms with Crippen molar-refractivity contribution in [2.24, 2.45) is 0 Å². The summed E-state index contributed by atoms with van der Waals surface area (Å²) in [6.07, 6.45) is -3.28. The molecule has 1 heterocycles. The number of rotatable bonds is 2.